The minimum Gasteiger partial charge on any atom is -0.394 e. The van der Waals surface area contributed by atoms with Crippen molar-refractivity contribution in [3.8, 4) is 6.07 Å². The summed E-state index contributed by atoms with van der Waals surface area (Å²) in [5, 5.41) is 35.5. The number of nitrogens with zero attached hydrogens (tertiary/aromatic N) is 2. The highest BCUT2D eigenvalue weighted by atomic mass is 16.6. The molecule has 14 nitrogen and oxygen atoms in total. The number of hydrogen-bond acceptors (Lipinski definition) is 14. The average molecular weight is 811 g/mol. The van der Waals surface area contributed by atoms with E-state index in [-0.39, 0.29) is 13.2 Å². The van der Waals surface area contributed by atoms with E-state index in [0.717, 1.165) is 44.9 Å². The summed E-state index contributed by atoms with van der Waals surface area (Å²) in [6.07, 6.45) is 0. The molecule has 3 aromatic carbocycles. The van der Waals surface area contributed by atoms with Gasteiger partial charge in [0, 0.05) is 44.2 Å². The zero-order valence-electron chi connectivity index (χ0n) is 35.0. The topological polar surface area (TPSA) is 165 Å². The lowest BCUT2D eigenvalue weighted by atomic mass is 9.68. The van der Waals surface area contributed by atoms with Crippen molar-refractivity contribution in [1.82, 2.24) is 0 Å². The molecule has 0 unspecified atom stereocenters. The Balaban J connectivity index is 1.54. The molecule has 0 saturated heterocycles. The third kappa shape index (κ3) is 17.2. The SMILES string of the molecule is Cc1cc(NCCOCCOCCOCCOCCO)ccc1C(C#N)(c1ccc(N(C)C)cc1)c1ccc(NCCOCCOCCOCCOCCO)cc1C. The Labute approximate surface area is 345 Å². The maximum atomic E-state index is 11.2. The fourth-order valence-corrected chi connectivity index (χ4v) is 6.23. The van der Waals surface area contributed by atoms with E-state index >= 15 is 0 Å². The van der Waals surface area contributed by atoms with Crippen molar-refractivity contribution in [3.63, 3.8) is 0 Å². The number of anilines is 3. The van der Waals surface area contributed by atoms with Crippen molar-refractivity contribution >= 4 is 17.1 Å². The van der Waals surface area contributed by atoms with Gasteiger partial charge in [-0.2, -0.15) is 5.26 Å². The molecule has 0 aliphatic heterocycles. The molecule has 0 atom stereocenters. The summed E-state index contributed by atoms with van der Waals surface area (Å²) in [6, 6.07) is 23.4. The second-order valence-electron chi connectivity index (χ2n) is 13.6. The molecule has 4 N–H and O–H groups in total. The number of aliphatic hydroxyl groups excluding tert-OH is 2. The Morgan fingerprint density at radius 2 is 0.862 bits per heavy atom. The second-order valence-corrected chi connectivity index (χ2v) is 13.6. The van der Waals surface area contributed by atoms with Crippen LogP contribution in [0.2, 0.25) is 0 Å². The van der Waals surface area contributed by atoms with Gasteiger partial charge in [0.1, 0.15) is 5.41 Å². The fraction of sp³-hybridized carbons (Fsp3) is 0.568. The van der Waals surface area contributed by atoms with E-state index in [1.165, 1.54) is 0 Å². The van der Waals surface area contributed by atoms with Gasteiger partial charge < -0.3 is 63.6 Å². The molecule has 0 aliphatic rings. The van der Waals surface area contributed by atoms with Crippen LogP contribution in [-0.2, 0) is 43.3 Å². The van der Waals surface area contributed by atoms with E-state index in [4.69, 9.17) is 48.1 Å². The fourth-order valence-electron chi connectivity index (χ4n) is 6.23. The van der Waals surface area contributed by atoms with E-state index in [1.54, 1.807) is 0 Å². The van der Waals surface area contributed by atoms with Crippen molar-refractivity contribution < 1.29 is 48.1 Å². The predicted molar refractivity (Wildman–Crippen MR) is 226 cm³/mol. The van der Waals surface area contributed by atoms with E-state index < -0.39 is 5.41 Å². The Morgan fingerprint density at radius 3 is 1.17 bits per heavy atom. The lowest BCUT2D eigenvalue weighted by molar-refractivity contribution is -0.00463. The first kappa shape index (κ1) is 48.5. The molecule has 0 aliphatic carbocycles. The number of hydrogen-bond donors (Lipinski definition) is 4. The highest BCUT2D eigenvalue weighted by Crippen LogP contribution is 2.43. The van der Waals surface area contributed by atoms with E-state index in [2.05, 4.69) is 84.0 Å². The summed E-state index contributed by atoms with van der Waals surface area (Å²) >= 11 is 0. The van der Waals surface area contributed by atoms with E-state index in [0.29, 0.717) is 119 Å². The van der Waals surface area contributed by atoms with Gasteiger partial charge in [0.2, 0.25) is 0 Å². The van der Waals surface area contributed by atoms with Gasteiger partial charge in [-0.3, -0.25) is 0 Å². The van der Waals surface area contributed by atoms with E-state index in [1.807, 2.05) is 26.2 Å². The lowest BCUT2D eigenvalue weighted by Crippen LogP contribution is -2.30. The van der Waals surface area contributed by atoms with Crippen molar-refractivity contribution in [2.45, 2.75) is 19.3 Å². The van der Waals surface area contributed by atoms with Crippen LogP contribution in [0.5, 0.6) is 0 Å². The van der Waals surface area contributed by atoms with Crippen LogP contribution in [0.1, 0.15) is 27.8 Å². The molecule has 0 heterocycles. The Hall–Kier alpha value is -3.85. The summed E-state index contributed by atoms with van der Waals surface area (Å²) < 4.78 is 43.7. The van der Waals surface area contributed by atoms with Crippen LogP contribution in [0.15, 0.2) is 60.7 Å². The minimum absolute atomic E-state index is 0.0112. The van der Waals surface area contributed by atoms with Crippen LogP contribution in [0.4, 0.5) is 17.1 Å². The van der Waals surface area contributed by atoms with Crippen molar-refractivity contribution in [2.75, 3.05) is 162 Å². The normalized spacial score (nSPS) is 11.5. The zero-order chi connectivity index (χ0) is 41.7. The van der Waals surface area contributed by atoms with Crippen LogP contribution < -0.4 is 15.5 Å². The number of benzene rings is 3. The molecule has 0 aromatic heterocycles. The number of nitriles is 1. The van der Waals surface area contributed by atoms with Crippen LogP contribution in [0.3, 0.4) is 0 Å². The smallest absolute Gasteiger partial charge is 0.133 e. The van der Waals surface area contributed by atoms with Gasteiger partial charge in [0.05, 0.1) is 125 Å². The molecule has 0 fully saturated rings. The van der Waals surface area contributed by atoms with E-state index in [9.17, 15) is 5.26 Å². The molecular formula is C44H66N4O10. The first-order valence-corrected chi connectivity index (χ1v) is 20.1. The monoisotopic (exact) mass is 810 g/mol. The molecule has 0 amide bonds. The minimum atomic E-state index is -1.06. The van der Waals surface area contributed by atoms with Crippen LogP contribution >= 0.6 is 0 Å². The van der Waals surface area contributed by atoms with Crippen LogP contribution in [0, 0.1) is 25.2 Å². The molecule has 0 bridgehead atoms. The van der Waals surface area contributed by atoms with Gasteiger partial charge in [-0.05, 0) is 78.1 Å². The number of rotatable bonds is 34. The average Bonchev–Trinajstić information content (AvgIpc) is 3.22. The molecule has 14 heteroatoms. The molecular weight excluding hydrogens is 745 g/mol. The molecule has 0 spiro atoms. The van der Waals surface area contributed by atoms with Crippen molar-refractivity contribution in [3.05, 3.63) is 88.5 Å². The lowest BCUT2D eigenvalue weighted by Gasteiger charge is -2.32. The Bertz CT molecular complexity index is 1490. The van der Waals surface area contributed by atoms with Crippen LogP contribution in [0.25, 0.3) is 0 Å². The molecule has 0 saturated carbocycles. The maximum Gasteiger partial charge on any atom is 0.133 e. The first-order chi connectivity index (χ1) is 28.4. The molecule has 58 heavy (non-hydrogen) atoms. The Morgan fingerprint density at radius 1 is 0.517 bits per heavy atom. The summed E-state index contributed by atoms with van der Waals surface area (Å²) in [5.74, 6) is 0. The highest BCUT2D eigenvalue weighted by Gasteiger charge is 2.39. The van der Waals surface area contributed by atoms with Crippen molar-refractivity contribution in [2.24, 2.45) is 0 Å². The maximum absolute atomic E-state index is 11.2. The molecule has 3 aromatic rings. The second kappa shape index (κ2) is 29.4. The molecule has 3 rings (SSSR count). The summed E-state index contributed by atoms with van der Waals surface area (Å²) in [6.45, 7) is 12.8. The Kier molecular flexibility index (Phi) is 24.6. The van der Waals surface area contributed by atoms with Crippen molar-refractivity contribution in [1.29, 1.82) is 5.26 Å². The largest absolute Gasteiger partial charge is 0.394 e. The standard InChI is InChI=1S/C44H66N4O10/c1-36-33-39(46-13-17-51-21-25-55-29-31-57-27-23-53-19-15-49)7-11-42(36)44(35-45,38-5-9-41(10-6-38)48(3)4)43-12-8-40(34-37(43)2)47-14-18-52-22-26-56-30-32-58-28-24-54-20-16-50/h5-12,33-34,46-47,49-50H,13-32H2,1-4H3. The van der Waals surface area contributed by atoms with Gasteiger partial charge in [0.15, 0.2) is 0 Å². The summed E-state index contributed by atoms with van der Waals surface area (Å²) in [5.41, 5.74) is 6.65. The summed E-state index contributed by atoms with van der Waals surface area (Å²) in [7, 11) is 4.01. The van der Waals surface area contributed by atoms with Crippen LogP contribution in [-0.4, -0.2) is 156 Å². The molecule has 0 radical (unpaired) electrons. The van der Waals surface area contributed by atoms with Gasteiger partial charge >= 0.3 is 0 Å². The number of aryl methyl sites for hydroxylation is 2. The summed E-state index contributed by atoms with van der Waals surface area (Å²) in [4.78, 5) is 2.05. The zero-order valence-corrected chi connectivity index (χ0v) is 35.0. The van der Waals surface area contributed by atoms with Gasteiger partial charge in [0.25, 0.3) is 0 Å². The predicted octanol–water partition coefficient (Wildman–Crippen LogP) is 4.17. The molecule has 322 valence electrons. The highest BCUT2D eigenvalue weighted by molar-refractivity contribution is 5.65. The third-order valence-electron chi connectivity index (χ3n) is 9.10. The first-order valence-electron chi connectivity index (χ1n) is 20.1. The van der Waals surface area contributed by atoms with Gasteiger partial charge in [-0.15, -0.1) is 0 Å². The quantitative estimate of drug-likeness (QED) is 0.0502. The third-order valence-corrected chi connectivity index (χ3v) is 9.10. The number of nitrogens with one attached hydrogen (secondary N) is 2. The van der Waals surface area contributed by atoms with Gasteiger partial charge in [-0.1, -0.05) is 24.3 Å². The number of aliphatic hydroxyl groups is 2. The number of ether oxygens (including phenoxy) is 8. The van der Waals surface area contributed by atoms with Gasteiger partial charge in [-0.25, -0.2) is 0 Å².